The fourth-order valence-electron chi connectivity index (χ4n) is 2.07. The number of rotatable bonds is 4. The lowest BCUT2D eigenvalue weighted by molar-refractivity contribution is 0.142. The van der Waals surface area contributed by atoms with Crippen molar-refractivity contribution in [3.05, 3.63) is 24.3 Å². The van der Waals surface area contributed by atoms with E-state index in [9.17, 15) is 9.18 Å². The van der Waals surface area contributed by atoms with Gasteiger partial charge in [-0.05, 0) is 24.3 Å². The minimum Gasteiger partial charge on any atom is -0.491 e. The minimum absolute atomic E-state index is 0.0661. The summed E-state index contributed by atoms with van der Waals surface area (Å²) in [4.78, 5) is 14.3. The van der Waals surface area contributed by atoms with Crippen LogP contribution in [-0.4, -0.2) is 55.6 Å². The number of hydrogen-bond acceptors (Lipinski definition) is 3. The summed E-state index contributed by atoms with van der Waals surface area (Å²) in [6, 6.07) is 7.41. The van der Waals surface area contributed by atoms with E-state index in [1.54, 1.807) is 12.1 Å². The van der Waals surface area contributed by atoms with Crippen molar-refractivity contribution in [2.24, 2.45) is 0 Å². The number of carbonyl (C=O) groups is 1. The Bertz CT molecular complexity index is 416. The zero-order valence-electron chi connectivity index (χ0n) is 10.6. The van der Waals surface area contributed by atoms with Crippen molar-refractivity contribution in [3.63, 3.8) is 0 Å². The third kappa shape index (κ3) is 3.49. The Hall–Kier alpha value is -1.98. The van der Waals surface area contributed by atoms with Crippen LogP contribution in [0.5, 0.6) is 5.75 Å². The Balaban J connectivity index is 1.90. The molecule has 0 spiro atoms. The van der Waals surface area contributed by atoms with E-state index in [1.807, 2.05) is 12.1 Å². The molecule has 0 aliphatic carbocycles. The van der Waals surface area contributed by atoms with Gasteiger partial charge in [0.1, 0.15) is 19.0 Å². The van der Waals surface area contributed by atoms with Crippen LogP contribution < -0.4 is 9.64 Å². The van der Waals surface area contributed by atoms with E-state index in [-0.39, 0.29) is 6.61 Å². The summed E-state index contributed by atoms with van der Waals surface area (Å²) < 4.78 is 17.1. The lowest BCUT2D eigenvalue weighted by atomic mass is 10.2. The van der Waals surface area contributed by atoms with Crippen LogP contribution in [0, 0.1) is 0 Å². The van der Waals surface area contributed by atoms with Crippen molar-refractivity contribution in [2.75, 3.05) is 44.4 Å². The quantitative estimate of drug-likeness (QED) is 0.905. The highest BCUT2D eigenvalue weighted by Crippen LogP contribution is 2.20. The zero-order valence-corrected chi connectivity index (χ0v) is 10.6. The topological polar surface area (TPSA) is 53.0 Å². The summed E-state index contributed by atoms with van der Waals surface area (Å²) in [5, 5.41) is 8.87. The molecule has 1 fully saturated rings. The number of halogens is 1. The molecule has 0 aromatic heterocycles. The largest absolute Gasteiger partial charge is 0.491 e. The van der Waals surface area contributed by atoms with Crippen LogP contribution >= 0.6 is 0 Å². The summed E-state index contributed by atoms with van der Waals surface area (Å²) in [6.07, 6.45) is -0.866. The summed E-state index contributed by atoms with van der Waals surface area (Å²) in [6.45, 7) is 1.94. The second kappa shape index (κ2) is 6.26. The Labute approximate surface area is 111 Å². The van der Waals surface area contributed by atoms with Gasteiger partial charge >= 0.3 is 6.09 Å². The molecule has 0 bridgehead atoms. The summed E-state index contributed by atoms with van der Waals surface area (Å²) in [5.74, 6) is 0.644. The first-order chi connectivity index (χ1) is 9.20. The minimum atomic E-state index is -0.866. The summed E-state index contributed by atoms with van der Waals surface area (Å²) >= 11 is 0. The number of hydrogen-bond donors (Lipinski definition) is 1. The summed E-state index contributed by atoms with van der Waals surface area (Å²) in [7, 11) is 0. The van der Waals surface area contributed by atoms with E-state index in [1.165, 1.54) is 4.90 Å². The monoisotopic (exact) mass is 268 g/mol. The summed E-state index contributed by atoms with van der Waals surface area (Å²) in [5.41, 5.74) is 1.03. The number of nitrogens with zero attached hydrogens (tertiary/aromatic N) is 2. The highest BCUT2D eigenvalue weighted by Gasteiger charge is 2.20. The van der Waals surface area contributed by atoms with Gasteiger partial charge in [-0.1, -0.05) is 0 Å². The first kappa shape index (κ1) is 13.5. The Morgan fingerprint density at radius 2 is 1.84 bits per heavy atom. The van der Waals surface area contributed by atoms with Crippen molar-refractivity contribution in [2.45, 2.75) is 0 Å². The highest BCUT2D eigenvalue weighted by molar-refractivity contribution is 5.65. The molecule has 1 aromatic carbocycles. The van der Waals surface area contributed by atoms with Gasteiger partial charge in [-0.2, -0.15) is 0 Å². The predicted octanol–water partition coefficient (Wildman–Crippen LogP) is 1.83. The smallest absolute Gasteiger partial charge is 0.407 e. The van der Waals surface area contributed by atoms with E-state index in [2.05, 4.69) is 4.90 Å². The molecule has 0 saturated carbocycles. The van der Waals surface area contributed by atoms with Gasteiger partial charge in [-0.3, -0.25) is 0 Å². The van der Waals surface area contributed by atoms with Gasteiger partial charge in [0.15, 0.2) is 0 Å². The molecule has 1 aromatic rings. The average Bonchev–Trinajstić information content (AvgIpc) is 2.46. The van der Waals surface area contributed by atoms with Gasteiger partial charge in [0, 0.05) is 31.9 Å². The Morgan fingerprint density at radius 1 is 1.21 bits per heavy atom. The lowest BCUT2D eigenvalue weighted by Crippen LogP contribution is -2.48. The zero-order chi connectivity index (χ0) is 13.7. The molecule has 0 atom stereocenters. The molecule has 5 nitrogen and oxygen atoms in total. The molecule has 1 aliphatic heterocycles. The first-order valence-electron chi connectivity index (χ1n) is 6.22. The maximum atomic E-state index is 12.0. The van der Waals surface area contributed by atoms with Crippen LogP contribution in [0.1, 0.15) is 0 Å². The molecule has 1 saturated heterocycles. The van der Waals surface area contributed by atoms with Crippen LogP contribution in [-0.2, 0) is 0 Å². The van der Waals surface area contributed by atoms with Crippen LogP contribution in [0.3, 0.4) is 0 Å². The number of amides is 1. The molecule has 2 rings (SSSR count). The van der Waals surface area contributed by atoms with Crippen LogP contribution in [0.25, 0.3) is 0 Å². The molecule has 1 aliphatic rings. The van der Waals surface area contributed by atoms with Crippen molar-refractivity contribution >= 4 is 11.8 Å². The molecular formula is C13H17FN2O3. The van der Waals surface area contributed by atoms with Crippen molar-refractivity contribution in [1.29, 1.82) is 0 Å². The van der Waals surface area contributed by atoms with Crippen LogP contribution in [0.15, 0.2) is 24.3 Å². The lowest BCUT2D eigenvalue weighted by Gasteiger charge is -2.34. The third-order valence-corrected chi connectivity index (χ3v) is 3.10. The molecule has 1 amide bonds. The molecule has 0 unspecified atom stereocenters. The van der Waals surface area contributed by atoms with Gasteiger partial charge in [-0.25, -0.2) is 9.18 Å². The SMILES string of the molecule is O=C(O)N1CCN(c2ccc(OCCF)cc2)CC1. The van der Waals surface area contributed by atoms with E-state index >= 15 is 0 Å². The normalized spacial score (nSPS) is 15.4. The number of alkyl halides is 1. The number of ether oxygens (including phenoxy) is 1. The highest BCUT2D eigenvalue weighted by atomic mass is 19.1. The standard InChI is InChI=1S/C13H17FN2O3/c14-5-10-19-12-3-1-11(2-4-12)15-6-8-16(9-7-15)13(17)18/h1-4H,5-10H2,(H,17,18). The fourth-order valence-corrected chi connectivity index (χ4v) is 2.07. The van der Waals surface area contributed by atoms with E-state index in [0.29, 0.717) is 31.9 Å². The Morgan fingerprint density at radius 3 is 2.37 bits per heavy atom. The van der Waals surface area contributed by atoms with Crippen molar-refractivity contribution in [3.8, 4) is 5.75 Å². The van der Waals surface area contributed by atoms with Crippen LogP contribution in [0.4, 0.5) is 14.9 Å². The third-order valence-electron chi connectivity index (χ3n) is 3.10. The molecule has 0 radical (unpaired) electrons. The molecule has 19 heavy (non-hydrogen) atoms. The Kier molecular flexibility index (Phi) is 4.43. The molecule has 1 N–H and O–H groups in total. The van der Waals surface area contributed by atoms with Gasteiger partial charge in [0.05, 0.1) is 0 Å². The second-order valence-electron chi connectivity index (χ2n) is 4.29. The number of carboxylic acid groups (broad SMARTS) is 1. The maximum Gasteiger partial charge on any atom is 0.407 e. The van der Waals surface area contributed by atoms with Gasteiger partial charge in [0.25, 0.3) is 0 Å². The number of anilines is 1. The number of piperazine rings is 1. The van der Waals surface area contributed by atoms with Crippen molar-refractivity contribution < 1.29 is 19.0 Å². The first-order valence-corrected chi connectivity index (χ1v) is 6.22. The van der Waals surface area contributed by atoms with Crippen molar-refractivity contribution in [1.82, 2.24) is 4.90 Å². The molecule has 1 heterocycles. The predicted molar refractivity (Wildman–Crippen MR) is 69.7 cm³/mol. The maximum absolute atomic E-state index is 12.0. The van der Waals surface area contributed by atoms with Crippen LogP contribution in [0.2, 0.25) is 0 Å². The van der Waals surface area contributed by atoms with Gasteiger partial charge in [-0.15, -0.1) is 0 Å². The molecule has 6 heteroatoms. The second-order valence-corrected chi connectivity index (χ2v) is 4.29. The molecular weight excluding hydrogens is 251 g/mol. The fraction of sp³-hybridized carbons (Fsp3) is 0.462. The van der Waals surface area contributed by atoms with E-state index in [0.717, 1.165) is 5.69 Å². The van der Waals surface area contributed by atoms with Gasteiger partial charge in [0.2, 0.25) is 0 Å². The average molecular weight is 268 g/mol. The van der Waals surface area contributed by atoms with E-state index < -0.39 is 12.8 Å². The molecule has 104 valence electrons. The van der Waals surface area contributed by atoms with E-state index in [4.69, 9.17) is 9.84 Å². The van der Waals surface area contributed by atoms with Gasteiger partial charge < -0.3 is 19.6 Å². The number of benzene rings is 1.